The molecule has 18 heavy (non-hydrogen) atoms. The van der Waals surface area contributed by atoms with Gasteiger partial charge in [-0.05, 0) is 37.0 Å². The lowest BCUT2D eigenvalue weighted by Gasteiger charge is -2.39. The van der Waals surface area contributed by atoms with E-state index in [0.717, 1.165) is 12.8 Å². The van der Waals surface area contributed by atoms with Crippen LogP contribution in [0.1, 0.15) is 53.4 Å². The third kappa shape index (κ3) is 4.00. The smallest absolute Gasteiger partial charge is 0.417 e. The van der Waals surface area contributed by atoms with E-state index in [1.165, 1.54) is 12.8 Å². The zero-order valence-corrected chi connectivity index (χ0v) is 11.7. The van der Waals surface area contributed by atoms with Crippen LogP contribution in [0, 0.1) is 17.3 Å². The molecule has 0 heterocycles. The molecule has 0 saturated heterocycles. The SMILES string of the molecule is CC(OC(=O)C(=O)O)C(C)C1CCCC(C)(C)C1. The third-order valence-corrected chi connectivity index (χ3v) is 4.19. The van der Waals surface area contributed by atoms with Crippen molar-refractivity contribution in [3.63, 3.8) is 0 Å². The summed E-state index contributed by atoms with van der Waals surface area (Å²) < 4.78 is 4.96. The highest BCUT2D eigenvalue weighted by Crippen LogP contribution is 2.42. The second-order valence-electron chi connectivity index (χ2n) is 6.30. The highest BCUT2D eigenvalue weighted by Gasteiger charge is 2.34. The number of hydrogen-bond donors (Lipinski definition) is 1. The molecule has 1 fully saturated rings. The molecule has 1 rings (SSSR count). The first-order valence-electron chi connectivity index (χ1n) is 6.67. The van der Waals surface area contributed by atoms with Crippen LogP contribution < -0.4 is 0 Å². The van der Waals surface area contributed by atoms with Crippen LogP contribution in [0.25, 0.3) is 0 Å². The van der Waals surface area contributed by atoms with Gasteiger partial charge in [0.25, 0.3) is 0 Å². The van der Waals surface area contributed by atoms with Gasteiger partial charge in [-0.2, -0.15) is 0 Å². The summed E-state index contributed by atoms with van der Waals surface area (Å²) in [6.07, 6.45) is 4.34. The Labute approximate surface area is 109 Å². The van der Waals surface area contributed by atoms with Crippen molar-refractivity contribution in [2.24, 2.45) is 17.3 Å². The summed E-state index contributed by atoms with van der Waals surface area (Å²) in [4.78, 5) is 21.5. The van der Waals surface area contributed by atoms with Crippen LogP contribution in [0.15, 0.2) is 0 Å². The van der Waals surface area contributed by atoms with Crippen LogP contribution in [0.3, 0.4) is 0 Å². The molecule has 0 bridgehead atoms. The molecule has 3 unspecified atom stereocenters. The van der Waals surface area contributed by atoms with Crippen molar-refractivity contribution in [1.82, 2.24) is 0 Å². The fraction of sp³-hybridized carbons (Fsp3) is 0.857. The molecule has 0 aliphatic heterocycles. The molecule has 0 radical (unpaired) electrons. The number of carbonyl (C=O) groups is 2. The van der Waals surface area contributed by atoms with Crippen LogP contribution in [0.5, 0.6) is 0 Å². The topological polar surface area (TPSA) is 63.6 Å². The number of aliphatic carboxylic acids is 1. The molecule has 0 aromatic heterocycles. The van der Waals surface area contributed by atoms with Crippen LogP contribution in [0.4, 0.5) is 0 Å². The van der Waals surface area contributed by atoms with E-state index in [1.807, 2.05) is 6.92 Å². The summed E-state index contributed by atoms with van der Waals surface area (Å²) >= 11 is 0. The van der Waals surface area contributed by atoms with E-state index in [0.29, 0.717) is 11.3 Å². The van der Waals surface area contributed by atoms with E-state index >= 15 is 0 Å². The van der Waals surface area contributed by atoms with Gasteiger partial charge in [-0.3, -0.25) is 0 Å². The minimum atomic E-state index is -1.52. The van der Waals surface area contributed by atoms with Crippen molar-refractivity contribution in [3.8, 4) is 0 Å². The summed E-state index contributed by atoms with van der Waals surface area (Å²) in [5.41, 5.74) is 0.341. The molecule has 0 aromatic carbocycles. The number of carbonyl (C=O) groups excluding carboxylic acids is 1. The molecule has 0 spiro atoms. The largest absolute Gasteiger partial charge is 0.473 e. The number of carboxylic acid groups (broad SMARTS) is 1. The molecule has 1 aliphatic carbocycles. The van der Waals surface area contributed by atoms with Crippen molar-refractivity contribution >= 4 is 11.9 Å². The second-order valence-corrected chi connectivity index (χ2v) is 6.30. The van der Waals surface area contributed by atoms with Gasteiger partial charge in [-0.1, -0.05) is 33.6 Å². The average Bonchev–Trinajstić information content (AvgIpc) is 2.26. The third-order valence-electron chi connectivity index (χ3n) is 4.19. The summed E-state index contributed by atoms with van der Waals surface area (Å²) in [7, 11) is 0. The van der Waals surface area contributed by atoms with Crippen LogP contribution >= 0.6 is 0 Å². The van der Waals surface area contributed by atoms with E-state index in [9.17, 15) is 9.59 Å². The van der Waals surface area contributed by atoms with Crippen molar-refractivity contribution in [2.75, 3.05) is 0 Å². The highest BCUT2D eigenvalue weighted by atomic mass is 16.6. The molecule has 104 valence electrons. The molecular formula is C14H24O4. The lowest BCUT2D eigenvalue weighted by molar-refractivity contribution is -0.169. The molecule has 1 saturated carbocycles. The first-order valence-corrected chi connectivity index (χ1v) is 6.67. The lowest BCUT2D eigenvalue weighted by Crippen LogP contribution is -2.34. The summed E-state index contributed by atoms with van der Waals surface area (Å²) in [5, 5.41) is 8.53. The average molecular weight is 256 g/mol. The molecule has 4 nitrogen and oxygen atoms in total. The Hall–Kier alpha value is -1.06. The first kappa shape index (κ1) is 15.0. The maximum Gasteiger partial charge on any atom is 0.417 e. The maximum absolute atomic E-state index is 11.0. The molecular weight excluding hydrogens is 232 g/mol. The number of rotatable bonds is 3. The van der Waals surface area contributed by atoms with Gasteiger partial charge in [0.15, 0.2) is 0 Å². The van der Waals surface area contributed by atoms with Crippen LogP contribution in [-0.2, 0) is 14.3 Å². The van der Waals surface area contributed by atoms with Crippen molar-refractivity contribution in [3.05, 3.63) is 0 Å². The minimum absolute atomic E-state index is 0.202. The van der Waals surface area contributed by atoms with Crippen molar-refractivity contribution in [2.45, 2.75) is 59.5 Å². The molecule has 0 aromatic rings. The summed E-state index contributed by atoms with van der Waals surface area (Å²) in [5.74, 6) is -1.96. The number of carboxylic acids is 1. The molecule has 3 atom stereocenters. The fourth-order valence-corrected chi connectivity index (χ4v) is 2.92. The summed E-state index contributed by atoms with van der Waals surface area (Å²) in [6.45, 7) is 8.36. The monoisotopic (exact) mass is 256 g/mol. The van der Waals surface area contributed by atoms with Gasteiger partial charge >= 0.3 is 11.9 Å². The van der Waals surface area contributed by atoms with E-state index in [4.69, 9.17) is 9.84 Å². The van der Waals surface area contributed by atoms with E-state index < -0.39 is 11.9 Å². The molecule has 4 heteroatoms. The van der Waals surface area contributed by atoms with Gasteiger partial charge in [0.2, 0.25) is 0 Å². The summed E-state index contributed by atoms with van der Waals surface area (Å²) in [6, 6.07) is 0. The lowest BCUT2D eigenvalue weighted by atomic mass is 9.68. The number of hydrogen-bond acceptors (Lipinski definition) is 3. The van der Waals surface area contributed by atoms with Gasteiger partial charge in [0.1, 0.15) is 6.10 Å². The Morgan fingerprint density at radius 2 is 1.94 bits per heavy atom. The quantitative estimate of drug-likeness (QED) is 0.623. The standard InChI is InChI=1S/C14H24O4/c1-9(10(2)18-13(17)12(15)16)11-6-5-7-14(3,4)8-11/h9-11H,5-8H2,1-4H3,(H,15,16). The predicted octanol–water partition coefficient (Wildman–Crippen LogP) is 2.86. The van der Waals surface area contributed by atoms with Crippen LogP contribution in [-0.4, -0.2) is 23.1 Å². The van der Waals surface area contributed by atoms with E-state index in [-0.39, 0.29) is 12.0 Å². The molecule has 1 aliphatic rings. The Morgan fingerprint density at radius 1 is 1.33 bits per heavy atom. The zero-order chi connectivity index (χ0) is 13.9. The van der Waals surface area contributed by atoms with Gasteiger partial charge in [0.05, 0.1) is 0 Å². The van der Waals surface area contributed by atoms with Gasteiger partial charge in [0, 0.05) is 0 Å². The van der Waals surface area contributed by atoms with E-state index in [1.54, 1.807) is 6.92 Å². The van der Waals surface area contributed by atoms with E-state index in [2.05, 4.69) is 13.8 Å². The number of esters is 1. The minimum Gasteiger partial charge on any atom is -0.473 e. The number of ether oxygens (including phenoxy) is 1. The Kier molecular flexibility index (Phi) is 4.77. The molecule has 1 N–H and O–H groups in total. The fourth-order valence-electron chi connectivity index (χ4n) is 2.92. The van der Waals surface area contributed by atoms with Crippen LogP contribution in [0.2, 0.25) is 0 Å². The van der Waals surface area contributed by atoms with Crippen molar-refractivity contribution < 1.29 is 19.4 Å². The Morgan fingerprint density at radius 3 is 2.44 bits per heavy atom. The van der Waals surface area contributed by atoms with Crippen molar-refractivity contribution in [1.29, 1.82) is 0 Å². The highest BCUT2D eigenvalue weighted by molar-refractivity contribution is 6.28. The van der Waals surface area contributed by atoms with Gasteiger partial charge in [-0.25, -0.2) is 9.59 Å². The Bertz CT molecular complexity index is 322. The van der Waals surface area contributed by atoms with Gasteiger partial charge in [-0.15, -0.1) is 0 Å². The first-order chi connectivity index (χ1) is 8.23. The zero-order valence-electron chi connectivity index (χ0n) is 11.7. The van der Waals surface area contributed by atoms with Gasteiger partial charge < -0.3 is 9.84 Å². The molecule has 0 amide bonds. The Balaban J connectivity index is 2.55. The maximum atomic E-state index is 11.0. The second kappa shape index (κ2) is 5.72. The normalized spacial score (nSPS) is 26.1. The predicted molar refractivity (Wildman–Crippen MR) is 68.1 cm³/mol.